The molecule has 6 nitrogen and oxygen atoms in total. The molecule has 2 amide bonds. The summed E-state index contributed by atoms with van der Waals surface area (Å²) in [5.74, 6) is -1.09. The van der Waals surface area contributed by atoms with E-state index in [0.717, 1.165) is 12.0 Å². The van der Waals surface area contributed by atoms with Gasteiger partial charge in [0.05, 0.1) is 12.5 Å². The highest BCUT2D eigenvalue weighted by atomic mass is 16.5. The number of carbonyl (C=O) groups is 2. The first-order chi connectivity index (χ1) is 11.6. The zero-order valence-corrected chi connectivity index (χ0v) is 14.1. The van der Waals surface area contributed by atoms with Crippen LogP contribution in [0.25, 0.3) is 0 Å². The van der Waals surface area contributed by atoms with Gasteiger partial charge in [-0.3, -0.25) is 4.79 Å². The molecule has 0 aromatic heterocycles. The lowest BCUT2D eigenvalue weighted by molar-refractivity contribution is -0.143. The summed E-state index contributed by atoms with van der Waals surface area (Å²) in [6.07, 6.45) is 1.79. The van der Waals surface area contributed by atoms with Crippen molar-refractivity contribution in [1.82, 2.24) is 10.2 Å². The molecule has 1 unspecified atom stereocenters. The van der Waals surface area contributed by atoms with Gasteiger partial charge in [-0.15, -0.1) is 0 Å². The largest absolute Gasteiger partial charge is 0.481 e. The SMILES string of the molecule is CC(CCOCc1ccccc1)NC(=O)N1CCC(C(=O)O)CC1. The smallest absolute Gasteiger partial charge is 0.317 e. The number of benzene rings is 1. The van der Waals surface area contributed by atoms with E-state index in [2.05, 4.69) is 5.32 Å². The fourth-order valence-electron chi connectivity index (χ4n) is 2.73. The molecule has 0 saturated carbocycles. The Balaban J connectivity index is 1.61. The molecule has 2 rings (SSSR count). The zero-order chi connectivity index (χ0) is 17.4. The molecule has 2 N–H and O–H groups in total. The molecular formula is C18H26N2O4. The predicted octanol–water partition coefficient (Wildman–Crippen LogP) is 2.49. The first-order valence-corrected chi connectivity index (χ1v) is 8.46. The number of hydrogen-bond donors (Lipinski definition) is 2. The Hall–Kier alpha value is -2.08. The minimum absolute atomic E-state index is 0.0190. The number of aliphatic carboxylic acids is 1. The summed E-state index contributed by atoms with van der Waals surface area (Å²) in [7, 11) is 0. The number of piperidine rings is 1. The van der Waals surface area contributed by atoms with Crippen LogP contribution >= 0.6 is 0 Å². The van der Waals surface area contributed by atoms with Crippen molar-refractivity contribution in [1.29, 1.82) is 0 Å². The van der Waals surface area contributed by atoms with Gasteiger partial charge in [0, 0.05) is 25.7 Å². The molecule has 0 spiro atoms. The lowest BCUT2D eigenvalue weighted by Gasteiger charge is -2.31. The van der Waals surface area contributed by atoms with Crippen LogP contribution in [0.15, 0.2) is 30.3 Å². The van der Waals surface area contributed by atoms with Crippen molar-refractivity contribution in [3.05, 3.63) is 35.9 Å². The summed E-state index contributed by atoms with van der Waals surface area (Å²) in [6.45, 7) is 4.11. The van der Waals surface area contributed by atoms with Crippen molar-refractivity contribution in [3.63, 3.8) is 0 Å². The number of rotatable bonds is 7. The van der Waals surface area contributed by atoms with Crippen LogP contribution in [0.4, 0.5) is 4.79 Å². The molecule has 1 heterocycles. The van der Waals surface area contributed by atoms with Gasteiger partial charge in [0.15, 0.2) is 0 Å². The van der Waals surface area contributed by atoms with E-state index in [9.17, 15) is 9.59 Å². The van der Waals surface area contributed by atoms with Gasteiger partial charge in [-0.05, 0) is 31.7 Å². The highest BCUT2D eigenvalue weighted by Gasteiger charge is 2.27. The summed E-state index contributed by atoms with van der Waals surface area (Å²) in [6, 6.07) is 9.88. The highest BCUT2D eigenvalue weighted by Crippen LogP contribution is 2.17. The molecule has 1 fully saturated rings. The Bertz CT molecular complexity index is 527. The standard InChI is InChI=1S/C18H26N2O4/c1-14(9-12-24-13-15-5-3-2-4-6-15)19-18(23)20-10-7-16(8-11-20)17(21)22/h2-6,14,16H,7-13H2,1H3,(H,19,23)(H,21,22). The summed E-state index contributed by atoms with van der Waals surface area (Å²) < 4.78 is 5.63. The molecule has 1 saturated heterocycles. The van der Waals surface area contributed by atoms with Crippen molar-refractivity contribution in [3.8, 4) is 0 Å². The number of likely N-dealkylation sites (tertiary alicyclic amines) is 1. The number of nitrogens with one attached hydrogen (secondary N) is 1. The maximum Gasteiger partial charge on any atom is 0.317 e. The van der Waals surface area contributed by atoms with Gasteiger partial charge in [-0.1, -0.05) is 30.3 Å². The van der Waals surface area contributed by atoms with E-state index in [1.54, 1.807) is 4.90 Å². The summed E-state index contributed by atoms with van der Waals surface area (Å²) in [5, 5.41) is 11.9. The molecular weight excluding hydrogens is 308 g/mol. The minimum Gasteiger partial charge on any atom is -0.481 e. The Morgan fingerprint density at radius 1 is 1.29 bits per heavy atom. The van der Waals surface area contributed by atoms with Crippen molar-refractivity contribution >= 4 is 12.0 Å². The van der Waals surface area contributed by atoms with Gasteiger partial charge >= 0.3 is 12.0 Å². The number of carboxylic acids is 1. The van der Waals surface area contributed by atoms with E-state index in [1.165, 1.54) is 0 Å². The number of urea groups is 1. The number of ether oxygens (including phenoxy) is 1. The van der Waals surface area contributed by atoms with Gasteiger partial charge in [0.1, 0.15) is 0 Å². The molecule has 1 aliphatic heterocycles. The van der Waals surface area contributed by atoms with Crippen molar-refractivity contribution < 1.29 is 19.4 Å². The van der Waals surface area contributed by atoms with Gasteiger partial charge in [-0.25, -0.2) is 4.79 Å². The van der Waals surface area contributed by atoms with E-state index >= 15 is 0 Å². The van der Waals surface area contributed by atoms with Gasteiger partial charge in [0.2, 0.25) is 0 Å². The third-order valence-corrected chi connectivity index (χ3v) is 4.31. The van der Waals surface area contributed by atoms with E-state index in [-0.39, 0.29) is 18.0 Å². The lowest BCUT2D eigenvalue weighted by atomic mass is 9.97. The molecule has 0 radical (unpaired) electrons. The topological polar surface area (TPSA) is 78.9 Å². The molecule has 0 bridgehead atoms. The number of hydrogen-bond acceptors (Lipinski definition) is 3. The fourth-order valence-corrected chi connectivity index (χ4v) is 2.73. The average Bonchev–Trinajstić information content (AvgIpc) is 2.59. The monoisotopic (exact) mass is 334 g/mol. The van der Waals surface area contributed by atoms with Gasteiger partial charge in [-0.2, -0.15) is 0 Å². The molecule has 0 aliphatic carbocycles. The van der Waals surface area contributed by atoms with E-state index in [4.69, 9.17) is 9.84 Å². The molecule has 24 heavy (non-hydrogen) atoms. The van der Waals surface area contributed by atoms with Crippen LogP contribution in [-0.2, 0) is 16.1 Å². The van der Waals surface area contributed by atoms with Crippen LogP contribution in [0, 0.1) is 5.92 Å². The van der Waals surface area contributed by atoms with E-state index in [1.807, 2.05) is 37.3 Å². The zero-order valence-electron chi connectivity index (χ0n) is 14.1. The molecule has 1 aliphatic rings. The van der Waals surface area contributed by atoms with Gasteiger partial charge < -0.3 is 20.1 Å². The first kappa shape index (κ1) is 18.3. The van der Waals surface area contributed by atoms with Crippen LogP contribution in [0.2, 0.25) is 0 Å². The summed E-state index contributed by atoms with van der Waals surface area (Å²) in [4.78, 5) is 24.8. The Morgan fingerprint density at radius 3 is 2.58 bits per heavy atom. The Kier molecular flexibility index (Phi) is 7.06. The number of amides is 2. The van der Waals surface area contributed by atoms with Crippen LogP contribution in [0.1, 0.15) is 31.7 Å². The number of carbonyl (C=O) groups excluding carboxylic acids is 1. The molecule has 6 heteroatoms. The average molecular weight is 334 g/mol. The summed E-state index contributed by atoms with van der Waals surface area (Å²) in [5.41, 5.74) is 1.13. The third-order valence-electron chi connectivity index (χ3n) is 4.31. The molecule has 1 aromatic rings. The predicted molar refractivity (Wildman–Crippen MR) is 90.6 cm³/mol. The van der Waals surface area contributed by atoms with Crippen LogP contribution in [-0.4, -0.2) is 47.7 Å². The second kappa shape index (κ2) is 9.27. The van der Waals surface area contributed by atoms with Crippen molar-refractivity contribution in [2.75, 3.05) is 19.7 Å². The Morgan fingerprint density at radius 2 is 1.96 bits per heavy atom. The number of carboxylic acid groups (broad SMARTS) is 1. The van der Waals surface area contributed by atoms with E-state index < -0.39 is 5.97 Å². The molecule has 132 valence electrons. The fraction of sp³-hybridized carbons (Fsp3) is 0.556. The maximum atomic E-state index is 12.2. The van der Waals surface area contributed by atoms with E-state index in [0.29, 0.717) is 39.1 Å². The normalized spacial score (nSPS) is 16.6. The number of nitrogens with zero attached hydrogens (tertiary/aromatic N) is 1. The van der Waals surface area contributed by atoms with Crippen LogP contribution in [0.5, 0.6) is 0 Å². The maximum absolute atomic E-state index is 12.2. The Labute approximate surface area is 142 Å². The first-order valence-electron chi connectivity index (χ1n) is 8.46. The second-order valence-electron chi connectivity index (χ2n) is 6.28. The van der Waals surface area contributed by atoms with Crippen molar-refractivity contribution in [2.24, 2.45) is 5.92 Å². The minimum atomic E-state index is -0.765. The summed E-state index contributed by atoms with van der Waals surface area (Å²) >= 11 is 0. The molecule has 1 atom stereocenters. The van der Waals surface area contributed by atoms with Crippen LogP contribution in [0.3, 0.4) is 0 Å². The van der Waals surface area contributed by atoms with Crippen molar-refractivity contribution in [2.45, 2.75) is 38.8 Å². The lowest BCUT2D eigenvalue weighted by Crippen LogP contribution is -2.48. The van der Waals surface area contributed by atoms with Gasteiger partial charge in [0.25, 0.3) is 0 Å². The van der Waals surface area contributed by atoms with Crippen LogP contribution < -0.4 is 5.32 Å². The molecule has 1 aromatic carbocycles. The highest BCUT2D eigenvalue weighted by molar-refractivity contribution is 5.75. The third kappa shape index (κ3) is 5.85. The second-order valence-corrected chi connectivity index (χ2v) is 6.28. The quantitative estimate of drug-likeness (QED) is 0.751.